The number of benzene rings is 2. The van der Waals surface area contributed by atoms with Crippen molar-refractivity contribution >= 4 is 22.7 Å². The molecule has 4 nitrogen and oxygen atoms in total. The van der Waals surface area contributed by atoms with Crippen LogP contribution in [0.5, 0.6) is 0 Å². The smallest absolute Gasteiger partial charge is 0.312 e. The summed E-state index contributed by atoms with van der Waals surface area (Å²) in [6.07, 6.45) is 1.62. The van der Waals surface area contributed by atoms with Gasteiger partial charge in [-0.15, -0.1) is 0 Å². The third-order valence-corrected chi connectivity index (χ3v) is 5.37. The normalized spacial score (nSPS) is 22.7. The highest BCUT2D eigenvalue weighted by Gasteiger charge is 2.47. The summed E-state index contributed by atoms with van der Waals surface area (Å²) in [5.41, 5.74) is 1.56. The quantitative estimate of drug-likeness (QED) is 0.809. The Kier molecular flexibility index (Phi) is 4.31. The van der Waals surface area contributed by atoms with Crippen LogP contribution in [0.25, 0.3) is 10.8 Å². The van der Waals surface area contributed by atoms with Gasteiger partial charge in [0.2, 0.25) is 0 Å². The van der Waals surface area contributed by atoms with Crippen molar-refractivity contribution in [1.29, 1.82) is 0 Å². The molecule has 2 atom stereocenters. The standard InChI is InChI=1S/C20H22O4/c1-20(19(22)24-3)11-10-15-14-7-5-4-6-13(14)8-9-16(15)17(20)12-18(21)23-2/h4-9,17H,10-12H2,1-3H3/t17-,20-/m0/s1. The zero-order valence-electron chi connectivity index (χ0n) is 14.3. The topological polar surface area (TPSA) is 52.6 Å². The Morgan fingerprint density at radius 3 is 2.58 bits per heavy atom. The molecule has 3 rings (SSSR count). The van der Waals surface area contributed by atoms with Crippen molar-refractivity contribution < 1.29 is 19.1 Å². The molecule has 2 aromatic rings. The van der Waals surface area contributed by atoms with E-state index in [-0.39, 0.29) is 24.3 Å². The predicted octanol–water partition coefficient (Wildman–Crippen LogP) is 3.61. The van der Waals surface area contributed by atoms with E-state index in [0.29, 0.717) is 6.42 Å². The lowest BCUT2D eigenvalue weighted by Crippen LogP contribution is -2.40. The third-order valence-electron chi connectivity index (χ3n) is 5.37. The molecule has 0 bridgehead atoms. The van der Waals surface area contributed by atoms with Crippen LogP contribution in [0.2, 0.25) is 0 Å². The van der Waals surface area contributed by atoms with Crippen LogP contribution in [0.15, 0.2) is 36.4 Å². The number of rotatable bonds is 3. The van der Waals surface area contributed by atoms with Gasteiger partial charge in [0.15, 0.2) is 0 Å². The van der Waals surface area contributed by atoms with E-state index < -0.39 is 5.41 Å². The zero-order valence-corrected chi connectivity index (χ0v) is 14.3. The Morgan fingerprint density at radius 2 is 1.88 bits per heavy atom. The molecule has 2 aromatic carbocycles. The number of esters is 2. The summed E-state index contributed by atoms with van der Waals surface area (Å²) < 4.78 is 9.92. The summed E-state index contributed by atoms with van der Waals surface area (Å²) in [7, 11) is 2.78. The van der Waals surface area contributed by atoms with Gasteiger partial charge < -0.3 is 9.47 Å². The van der Waals surface area contributed by atoms with Crippen LogP contribution in [-0.4, -0.2) is 26.2 Å². The molecule has 0 heterocycles. The van der Waals surface area contributed by atoms with Gasteiger partial charge in [0.1, 0.15) is 0 Å². The fraction of sp³-hybridized carbons (Fsp3) is 0.400. The maximum atomic E-state index is 12.5. The van der Waals surface area contributed by atoms with Gasteiger partial charge in [0.25, 0.3) is 0 Å². The second kappa shape index (κ2) is 6.27. The predicted molar refractivity (Wildman–Crippen MR) is 91.8 cm³/mol. The van der Waals surface area contributed by atoms with Crippen molar-refractivity contribution in [2.24, 2.45) is 5.41 Å². The number of methoxy groups -OCH3 is 2. The van der Waals surface area contributed by atoms with Gasteiger partial charge in [-0.25, -0.2) is 0 Å². The van der Waals surface area contributed by atoms with Crippen LogP contribution < -0.4 is 0 Å². The molecule has 0 N–H and O–H groups in total. The Hall–Kier alpha value is -2.36. The minimum Gasteiger partial charge on any atom is -0.469 e. The third kappa shape index (κ3) is 2.56. The van der Waals surface area contributed by atoms with Crippen molar-refractivity contribution in [3.63, 3.8) is 0 Å². The maximum absolute atomic E-state index is 12.5. The van der Waals surface area contributed by atoms with Gasteiger partial charge in [-0.3, -0.25) is 9.59 Å². The highest BCUT2D eigenvalue weighted by atomic mass is 16.5. The van der Waals surface area contributed by atoms with Crippen LogP contribution in [0.1, 0.15) is 36.8 Å². The first kappa shape index (κ1) is 16.5. The van der Waals surface area contributed by atoms with Crippen LogP contribution in [0, 0.1) is 5.41 Å². The molecular weight excluding hydrogens is 304 g/mol. The van der Waals surface area contributed by atoms with Crippen LogP contribution in [0.4, 0.5) is 0 Å². The highest BCUT2D eigenvalue weighted by Crippen LogP contribution is 2.49. The van der Waals surface area contributed by atoms with Crippen molar-refractivity contribution in [2.45, 2.75) is 32.1 Å². The first-order valence-corrected chi connectivity index (χ1v) is 8.17. The van der Waals surface area contributed by atoms with E-state index in [9.17, 15) is 9.59 Å². The Balaban J connectivity index is 2.16. The number of carbonyl (C=O) groups is 2. The van der Waals surface area contributed by atoms with Gasteiger partial charge in [-0.05, 0) is 41.7 Å². The molecular formula is C20H22O4. The van der Waals surface area contributed by atoms with Crippen molar-refractivity contribution in [3.8, 4) is 0 Å². The maximum Gasteiger partial charge on any atom is 0.312 e. The van der Waals surface area contributed by atoms with Crippen molar-refractivity contribution in [2.75, 3.05) is 14.2 Å². The second-order valence-corrected chi connectivity index (χ2v) is 6.60. The van der Waals surface area contributed by atoms with Crippen LogP contribution in [0.3, 0.4) is 0 Å². The molecule has 0 aliphatic heterocycles. The minimum atomic E-state index is -0.724. The van der Waals surface area contributed by atoms with E-state index in [2.05, 4.69) is 18.2 Å². The van der Waals surface area contributed by atoms with Crippen LogP contribution >= 0.6 is 0 Å². The summed E-state index contributed by atoms with van der Waals surface area (Å²) in [6, 6.07) is 12.3. The van der Waals surface area contributed by atoms with Gasteiger partial charge in [-0.1, -0.05) is 36.4 Å². The first-order chi connectivity index (χ1) is 11.5. The lowest BCUT2D eigenvalue weighted by atomic mass is 9.63. The highest BCUT2D eigenvalue weighted by molar-refractivity contribution is 5.89. The SMILES string of the molecule is COC(=O)C[C@H]1c2ccc3ccccc3c2CC[C@]1(C)C(=O)OC. The second-order valence-electron chi connectivity index (χ2n) is 6.60. The summed E-state index contributed by atoms with van der Waals surface area (Å²) in [4.78, 5) is 24.4. The monoisotopic (exact) mass is 326 g/mol. The average Bonchev–Trinajstić information content (AvgIpc) is 2.62. The molecule has 1 aliphatic rings. The van der Waals surface area contributed by atoms with Crippen molar-refractivity contribution in [1.82, 2.24) is 0 Å². The van der Waals surface area contributed by atoms with E-state index in [1.165, 1.54) is 30.6 Å². The number of hydrogen-bond acceptors (Lipinski definition) is 4. The Morgan fingerprint density at radius 1 is 1.12 bits per heavy atom. The lowest BCUT2D eigenvalue weighted by Gasteiger charge is -2.40. The number of aryl methyl sites for hydroxylation is 1. The largest absolute Gasteiger partial charge is 0.469 e. The van der Waals surface area contributed by atoms with Gasteiger partial charge >= 0.3 is 11.9 Å². The molecule has 0 radical (unpaired) electrons. The minimum absolute atomic E-state index is 0.174. The van der Waals surface area contributed by atoms with Crippen molar-refractivity contribution in [3.05, 3.63) is 47.5 Å². The van der Waals surface area contributed by atoms with Crippen LogP contribution in [-0.2, 0) is 25.5 Å². The number of fused-ring (bicyclic) bond motifs is 3. The van der Waals surface area contributed by atoms with Gasteiger partial charge in [0.05, 0.1) is 26.1 Å². The summed E-state index contributed by atoms with van der Waals surface area (Å²) in [5.74, 6) is -0.822. The van der Waals surface area contributed by atoms with E-state index in [4.69, 9.17) is 9.47 Å². The number of hydrogen-bond donors (Lipinski definition) is 0. The molecule has 0 unspecified atom stereocenters. The molecule has 0 spiro atoms. The first-order valence-electron chi connectivity index (χ1n) is 8.17. The van der Waals surface area contributed by atoms with Gasteiger partial charge in [0, 0.05) is 5.92 Å². The molecule has 1 aliphatic carbocycles. The van der Waals surface area contributed by atoms with E-state index in [0.717, 1.165) is 12.0 Å². The fourth-order valence-corrected chi connectivity index (χ4v) is 3.92. The Labute approximate surface area is 141 Å². The molecule has 24 heavy (non-hydrogen) atoms. The number of carbonyl (C=O) groups excluding carboxylic acids is 2. The summed E-state index contributed by atoms with van der Waals surface area (Å²) >= 11 is 0. The van der Waals surface area contributed by atoms with E-state index >= 15 is 0 Å². The number of ether oxygens (including phenoxy) is 2. The fourth-order valence-electron chi connectivity index (χ4n) is 3.92. The molecule has 4 heteroatoms. The molecule has 126 valence electrons. The lowest BCUT2D eigenvalue weighted by molar-refractivity contribution is -0.155. The molecule has 0 saturated carbocycles. The molecule has 0 aromatic heterocycles. The Bertz CT molecular complexity index is 795. The molecule has 0 fully saturated rings. The van der Waals surface area contributed by atoms with Gasteiger partial charge in [-0.2, -0.15) is 0 Å². The zero-order chi connectivity index (χ0) is 17.3. The van der Waals surface area contributed by atoms with E-state index in [1.54, 1.807) is 0 Å². The average molecular weight is 326 g/mol. The summed E-state index contributed by atoms with van der Waals surface area (Å²) in [6.45, 7) is 1.89. The molecule has 0 saturated heterocycles. The van der Waals surface area contributed by atoms with E-state index in [1.807, 2.05) is 25.1 Å². The molecule has 0 amide bonds. The summed E-state index contributed by atoms with van der Waals surface area (Å²) in [5, 5.41) is 2.37.